The molecule has 6 aromatic rings. The van der Waals surface area contributed by atoms with Gasteiger partial charge in [0.1, 0.15) is 0 Å². The third-order valence-corrected chi connectivity index (χ3v) is 11.7. The topological polar surface area (TPSA) is 38.7 Å². The molecule has 0 aliphatic heterocycles. The molecule has 4 bridgehead atoms. The van der Waals surface area contributed by atoms with E-state index in [0.29, 0.717) is 11.6 Å². The highest BCUT2D eigenvalue weighted by molar-refractivity contribution is 5.84. The van der Waals surface area contributed by atoms with Crippen molar-refractivity contribution in [1.82, 2.24) is 15.0 Å². The van der Waals surface area contributed by atoms with Gasteiger partial charge in [-0.15, -0.1) is 0 Å². The predicted octanol–water partition coefficient (Wildman–Crippen LogP) is 10.3. The van der Waals surface area contributed by atoms with Gasteiger partial charge in [-0.25, -0.2) is 15.0 Å². The second-order valence-electron chi connectivity index (χ2n) is 14.1. The van der Waals surface area contributed by atoms with Crippen molar-refractivity contribution in [2.45, 2.75) is 37.5 Å². The third-order valence-electron chi connectivity index (χ3n) is 11.7. The Morgan fingerprint density at radius 3 is 1.61 bits per heavy atom. The lowest BCUT2D eigenvalue weighted by Gasteiger charge is -2.61. The van der Waals surface area contributed by atoms with Crippen LogP contribution < -0.4 is 0 Å². The Morgan fingerprint density at radius 2 is 0.913 bits per heavy atom. The lowest BCUT2D eigenvalue weighted by Crippen LogP contribution is -2.55. The predicted molar refractivity (Wildman–Crippen MR) is 185 cm³/mol. The van der Waals surface area contributed by atoms with Crippen LogP contribution in [0.5, 0.6) is 0 Å². The van der Waals surface area contributed by atoms with Crippen LogP contribution in [0.25, 0.3) is 56.4 Å². The van der Waals surface area contributed by atoms with E-state index in [0.717, 1.165) is 51.7 Å². The maximum absolute atomic E-state index is 5.21. The van der Waals surface area contributed by atoms with Crippen molar-refractivity contribution in [1.29, 1.82) is 0 Å². The van der Waals surface area contributed by atoms with E-state index in [4.69, 9.17) is 15.0 Å². The first-order valence-electron chi connectivity index (χ1n) is 17.0. The molecule has 46 heavy (non-hydrogen) atoms. The molecule has 0 amide bonds. The van der Waals surface area contributed by atoms with Crippen molar-refractivity contribution >= 4 is 0 Å². The Labute approximate surface area is 270 Å². The van der Waals surface area contributed by atoms with Crippen LogP contribution in [0.15, 0.2) is 127 Å². The zero-order valence-corrected chi connectivity index (χ0v) is 25.8. The fraction of sp³-hybridized carbons (Fsp3) is 0.233. The summed E-state index contributed by atoms with van der Waals surface area (Å²) >= 11 is 0. The summed E-state index contributed by atoms with van der Waals surface area (Å²) in [6, 6.07) is 45.8. The molecule has 0 saturated heterocycles. The number of benzene rings is 5. The Bertz CT molecular complexity index is 2090. The van der Waals surface area contributed by atoms with E-state index in [1.54, 1.807) is 5.56 Å². The first kappa shape index (κ1) is 26.3. The Balaban J connectivity index is 1.15. The molecule has 1 aromatic heterocycles. The Hall–Kier alpha value is -4.89. The summed E-state index contributed by atoms with van der Waals surface area (Å²) in [5.41, 5.74) is 11.5. The summed E-state index contributed by atoms with van der Waals surface area (Å²) in [6.07, 6.45) is 6.94. The zero-order chi connectivity index (χ0) is 30.2. The minimum atomic E-state index is 0.109. The standard InChI is InChI=1S/C43H35N3/c1-3-10-29(11-4-1)31-14-9-15-32(25-31)41-44-40(30-12-5-2-6-13-30)45-42(46-41)33-18-19-37-36-16-7-8-17-38(36)43(39(37)26-33)34-21-27-20-28(23-34)24-35(43)22-27/h1-19,25-28,34-35H,20-24H2. The summed E-state index contributed by atoms with van der Waals surface area (Å²) < 4.78 is 0. The van der Waals surface area contributed by atoms with Gasteiger partial charge >= 0.3 is 0 Å². The van der Waals surface area contributed by atoms with Crippen LogP contribution in [0.3, 0.4) is 0 Å². The lowest BCUT2D eigenvalue weighted by atomic mass is 9.43. The molecule has 1 spiro atoms. The van der Waals surface area contributed by atoms with Gasteiger partial charge in [0, 0.05) is 22.1 Å². The quantitative estimate of drug-likeness (QED) is 0.204. The highest BCUT2D eigenvalue weighted by Gasteiger charge is 2.61. The molecule has 0 radical (unpaired) electrons. The van der Waals surface area contributed by atoms with Crippen LogP contribution in [0.2, 0.25) is 0 Å². The molecule has 3 heteroatoms. The van der Waals surface area contributed by atoms with Gasteiger partial charge in [-0.2, -0.15) is 0 Å². The van der Waals surface area contributed by atoms with Crippen LogP contribution >= 0.6 is 0 Å². The molecule has 5 aliphatic rings. The van der Waals surface area contributed by atoms with Crippen LogP contribution in [0.4, 0.5) is 0 Å². The highest BCUT2D eigenvalue weighted by atomic mass is 15.0. The van der Waals surface area contributed by atoms with Gasteiger partial charge in [0.15, 0.2) is 17.5 Å². The average molecular weight is 594 g/mol. The summed E-state index contributed by atoms with van der Waals surface area (Å²) in [5, 5.41) is 0. The summed E-state index contributed by atoms with van der Waals surface area (Å²) in [6.45, 7) is 0. The van der Waals surface area contributed by atoms with E-state index in [9.17, 15) is 0 Å². The molecule has 3 nitrogen and oxygen atoms in total. The second-order valence-corrected chi connectivity index (χ2v) is 14.1. The van der Waals surface area contributed by atoms with Crippen LogP contribution in [-0.2, 0) is 5.41 Å². The molecular weight excluding hydrogens is 558 g/mol. The molecule has 1 heterocycles. The van der Waals surface area contributed by atoms with E-state index in [-0.39, 0.29) is 5.41 Å². The minimum Gasteiger partial charge on any atom is -0.208 e. The van der Waals surface area contributed by atoms with E-state index >= 15 is 0 Å². The van der Waals surface area contributed by atoms with E-state index in [1.165, 1.54) is 54.4 Å². The number of fused-ring (bicyclic) bond motifs is 3. The molecule has 0 atom stereocenters. The average Bonchev–Trinajstić information content (AvgIpc) is 3.41. The normalized spacial score (nSPS) is 25.0. The van der Waals surface area contributed by atoms with Crippen molar-refractivity contribution in [3.05, 3.63) is 139 Å². The molecule has 0 unspecified atom stereocenters. The molecule has 11 rings (SSSR count). The van der Waals surface area contributed by atoms with Crippen molar-refractivity contribution in [3.8, 4) is 56.4 Å². The SMILES string of the molecule is c1ccc(-c2cccc(-c3nc(-c4ccccc4)nc(-c4ccc5c(c4)C4(c6ccccc6-5)C5CC6CC(C5)CC4C6)n3)c2)cc1. The second kappa shape index (κ2) is 10.1. The lowest BCUT2D eigenvalue weighted by molar-refractivity contribution is -0.0399. The molecule has 5 aromatic carbocycles. The molecule has 222 valence electrons. The van der Waals surface area contributed by atoms with E-state index in [1.807, 2.05) is 6.07 Å². The maximum atomic E-state index is 5.21. The van der Waals surface area contributed by atoms with Crippen LogP contribution in [0, 0.1) is 23.7 Å². The summed E-state index contributed by atoms with van der Waals surface area (Å²) in [7, 11) is 0. The Kier molecular flexibility index (Phi) is 5.76. The van der Waals surface area contributed by atoms with Gasteiger partial charge in [-0.3, -0.25) is 0 Å². The zero-order valence-electron chi connectivity index (χ0n) is 25.8. The van der Waals surface area contributed by atoms with Gasteiger partial charge in [-0.1, -0.05) is 115 Å². The molecule has 5 aliphatic carbocycles. The largest absolute Gasteiger partial charge is 0.208 e. The minimum absolute atomic E-state index is 0.109. The van der Waals surface area contributed by atoms with Gasteiger partial charge in [0.25, 0.3) is 0 Å². The fourth-order valence-electron chi connectivity index (χ4n) is 10.1. The molecule has 4 saturated carbocycles. The van der Waals surface area contributed by atoms with Gasteiger partial charge in [-0.05, 0) is 101 Å². The molecular formula is C43H35N3. The third kappa shape index (κ3) is 3.87. The maximum Gasteiger partial charge on any atom is 0.164 e. The van der Waals surface area contributed by atoms with Crippen molar-refractivity contribution in [2.24, 2.45) is 23.7 Å². The monoisotopic (exact) mass is 593 g/mol. The first-order chi connectivity index (χ1) is 22.7. The fourth-order valence-corrected chi connectivity index (χ4v) is 10.1. The molecule has 4 fully saturated rings. The number of hydrogen-bond donors (Lipinski definition) is 0. The van der Waals surface area contributed by atoms with Crippen LogP contribution in [-0.4, -0.2) is 15.0 Å². The number of aromatic nitrogens is 3. The summed E-state index contributed by atoms with van der Waals surface area (Å²) in [4.78, 5) is 15.4. The van der Waals surface area contributed by atoms with Crippen LogP contribution in [0.1, 0.15) is 43.2 Å². The summed E-state index contributed by atoms with van der Waals surface area (Å²) in [5.74, 6) is 5.42. The first-order valence-corrected chi connectivity index (χ1v) is 17.0. The highest BCUT2D eigenvalue weighted by Crippen LogP contribution is 2.69. The smallest absolute Gasteiger partial charge is 0.164 e. The van der Waals surface area contributed by atoms with Crippen molar-refractivity contribution in [3.63, 3.8) is 0 Å². The van der Waals surface area contributed by atoms with E-state index in [2.05, 4.69) is 121 Å². The van der Waals surface area contributed by atoms with E-state index < -0.39 is 0 Å². The van der Waals surface area contributed by atoms with Gasteiger partial charge in [0.05, 0.1) is 0 Å². The number of rotatable bonds is 4. The van der Waals surface area contributed by atoms with Gasteiger partial charge < -0.3 is 0 Å². The molecule has 0 N–H and O–H groups in total. The number of hydrogen-bond acceptors (Lipinski definition) is 3. The van der Waals surface area contributed by atoms with Crippen molar-refractivity contribution < 1.29 is 0 Å². The van der Waals surface area contributed by atoms with Gasteiger partial charge in [0.2, 0.25) is 0 Å². The van der Waals surface area contributed by atoms with Crippen molar-refractivity contribution in [2.75, 3.05) is 0 Å². The Morgan fingerprint density at radius 1 is 0.391 bits per heavy atom. The number of nitrogens with zero attached hydrogens (tertiary/aromatic N) is 3.